The fourth-order valence-electron chi connectivity index (χ4n) is 3.79. The largest absolute Gasteiger partial charge is 0.412 e. The second-order valence-corrected chi connectivity index (χ2v) is 8.33. The van der Waals surface area contributed by atoms with Crippen LogP contribution in [-0.4, -0.2) is 30.6 Å². The van der Waals surface area contributed by atoms with E-state index in [2.05, 4.69) is 34.5 Å². The van der Waals surface area contributed by atoms with E-state index >= 15 is 0 Å². The summed E-state index contributed by atoms with van der Waals surface area (Å²) in [5.74, 6) is 0.507. The van der Waals surface area contributed by atoms with Gasteiger partial charge in [0.25, 0.3) is 0 Å². The summed E-state index contributed by atoms with van der Waals surface area (Å²) >= 11 is 5.94. The predicted octanol–water partition coefficient (Wildman–Crippen LogP) is 5.93. The molecule has 1 N–H and O–H groups in total. The minimum absolute atomic E-state index is 0.439. The van der Waals surface area contributed by atoms with Gasteiger partial charge in [-0.1, -0.05) is 60.1 Å². The van der Waals surface area contributed by atoms with Gasteiger partial charge in [0, 0.05) is 18.1 Å². The van der Waals surface area contributed by atoms with E-state index in [0.29, 0.717) is 17.3 Å². The molecule has 1 amide bonds. The summed E-state index contributed by atoms with van der Waals surface area (Å²) < 4.78 is 5.39. The Morgan fingerprint density at radius 3 is 2.06 bits per heavy atom. The Morgan fingerprint density at radius 2 is 1.42 bits per heavy atom. The second-order valence-electron chi connectivity index (χ2n) is 7.89. The van der Waals surface area contributed by atoms with Crippen LogP contribution < -0.4 is 10.1 Å². The molecule has 0 radical (unpaired) electrons. The summed E-state index contributed by atoms with van der Waals surface area (Å²) in [6, 6.07) is 23.5. The summed E-state index contributed by atoms with van der Waals surface area (Å²) in [6.07, 6.45) is 3.26. The van der Waals surface area contributed by atoms with Crippen LogP contribution >= 0.6 is 11.6 Å². The average molecular weight is 435 g/mol. The molecule has 0 bridgehead atoms. The van der Waals surface area contributed by atoms with E-state index in [1.54, 1.807) is 12.1 Å². The van der Waals surface area contributed by atoms with Crippen molar-refractivity contribution in [1.82, 2.24) is 10.2 Å². The molecule has 0 atom stereocenters. The summed E-state index contributed by atoms with van der Waals surface area (Å²) in [5, 5.41) is 3.52. The monoisotopic (exact) mass is 434 g/mol. The van der Waals surface area contributed by atoms with Crippen molar-refractivity contribution in [3.63, 3.8) is 0 Å². The zero-order valence-electron chi connectivity index (χ0n) is 17.5. The van der Waals surface area contributed by atoms with Gasteiger partial charge in [-0.2, -0.15) is 0 Å². The Labute approximate surface area is 188 Å². The highest BCUT2D eigenvalue weighted by atomic mass is 35.5. The number of rotatable bonds is 7. The van der Waals surface area contributed by atoms with Crippen LogP contribution in [0.5, 0.6) is 5.75 Å². The first-order valence-electron chi connectivity index (χ1n) is 10.8. The van der Waals surface area contributed by atoms with Crippen molar-refractivity contribution >= 4 is 17.7 Å². The number of benzene rings is 3. The molecule has 5 heteroatoms. The summed E-state index contributed by atoms with van der Waals surface area (Å²) in [7, 11) is 0. The Kier molecular flexibility index (Phi) is 7.23. The first kappa shape index (κ1) is 21.4. The van der Waals surface area contributed by atoms with Gasteiger partial charge < -0.3 is 15.0 Å². The van der Waals surface area contributed by atoms with Crippen molar-refractivity contribution in [1.29, 1.82) is 0 Å². The van der Waals surface area contributed by atoms with E-state index in [4.69, 9.17) is 16.3 Å². The second kappa shape index (κ2) is 10.5. The fourth-order valence-corrected chi connectivity index (χ4v) is 3.92. The number of halogens is 1. The molecule has 31 heavy (non-hydrogen) atoms. The van der Waals surface area contributed by atoms with Crippen molar-refractivity contribution < 1.29 is 9.53 Å². The number of nitrogens with one attached hydrogen (secondary N) is 1. The van der Waals surface area contributed by atoms with Crippen LogP contribution in [0.15, 0.2) is 72.8 Å². The van der Waals surface area contributed by atoms with Gasteiger partial charge in [-0.3, -0.25) is 0 Å². The van der Waals surface area contributed by atoms with E-state index in [0.717, 1.165) is 29.7 Å². The molecular formula is C26H27ClN2O2. The van der Waals surface area contributed by atoms with Gasteiger partial charge in [0.1, 0.15) is 5.75 Å². The molecule has 4 rings (SSSR count). The zero-order chi connectivity index (χ0) is 21.5. The molecular weight excluding hydrogens is 408 g/mol. The van der Waals surface area contributed by atoms with Crippen LogP contribution in [0.3, 0.4) is 0 Å². The highest BCUT2D eigenvalue weighted by Crippen LogP contribution is 2.24. The van der Waals surface area contributed by atoms with Gasteiger partial charge in [-0.05, 0) is 78.9 Å². The van der Waals surface area contributed by atoms with Crippen molar-refractivity contribution in [2.75, 3.05) is 19.6 Å². The highest BCUT2D eigenvalue weighted by molar-refractivity contribution is 6.30. The van der Waals surface area contributed by atoms with Crippen LogP contribution in [0.25, 0.3) is 11.1 Å². The Morgan fingerprint density at radius 1 is 0.839 bits per heavy atom. The maximum Gasteiger partial charge on any atom is 0.412 e. The number of amides is 1. The minimum atomic E-state index is -0.461. The Hall–Kier alpha value is -2.82. The van der Waals surface area contributed by atoms with Gasteiger partial charge >= 0.3 is 6.09 Å². The number of nitrogens with zero attached hydrogens (tertiary/aromatic N) is 1. The molecule has 1 aliphatic rings. The molecule has 4 nitrogen and oxygen atoms in total. The van der Waals surface area contributed by atoms with Crippen molar-refractivity contribution in [3.8, 4) is 16.9 Å². The van der Waals surface area contributed by atoms with E-state index in [-0.39, 0.29) is 0 Å². The third kappa shape index (κ3) is 6.33. The van der Waals surface area contributed by atoms with E-state index < -0.39 is 6.09 Å². The standard InChI is InChI=1S/C26H27ClN2O2/c27-24-11-7-22(8-12-24)23-9-13-25(14-10-23)31-26(30)28-19-21-5-3-20(4-6-21)15-18-29-16-1-2-17-29/h3-14H,1-2,15-19H2,(H,28,30). The zero-order valence-corrected chi connectivity index (χ0v) is 18.3. The van der Waals surface area contributed by atoms with Crippen molar-refractivity contribution in [2.45, 2.75) is 25.8 Å². The summed E-state index contributed by atoms with van der Waals surface area (Å²) in [6.45, 7) is 4.02. The van der Waals surface area contributed by atoms with Crippen LogP contribution in [-0.2, 0) is 13.0 Å². The molecule has 1 aliphatic heterocycles. The molecule has 1 heterocycles. The molecule has 0 aromatic heterocycles. The molecule has 3 aromatic rings. The van der Waals surface area contributed by atoms with Crippen LogP contribution in [0.4, 0.5) is 4.79 Å². The topological polar surface area (TPSA) is 41.6 Å². The quantitative estimate of drug-likeness (QED) is 0.500. The van der Waals surface area contributed by atoms with Crippen molar-refractivity contribution in [2.24, 2.45) is 0 Å². The third-order valence-electron chi connectivity index (χ3n) is 5.62. The first-order valence-corrected chi connectivity index (χ1v) is 11.2. The highest BCUT2D eigenvalue weighted by Gasteiger charge is 2.11. The summed E-state index contributed by atoms with van der Waals surface area (Å²) in [4.78, 5) is 14.7. The van der Waals surface area contributed by atoms with Gasteiger partial charge in [-0.15, -0.1) is 0 Å². The molecule has 0 spiro atoms. The maximum absolute atomic E-state index is 12.1. The SMILES string of the molecule is O=C(NCc1ccc(CCN2CCCC2)cc1)Oc1ccc(-c2ccc(Cl)cc2)cc1. The van der Waals surface area contributed by atoms with E-state index in [1.165, 1.54) is 31.5 Å². The van der Waals surface area contributed by atoms with Gasteiger partial charge in [-0.25, -0.2) is 4.79 Å². The number of ether oxygens (including phenoxy) is 1. The third-order valence-corrected chi connectivity index (χ3v) is 5.87. The number of likely N-dealkylation sites (tertiary alicyclic amines) is 1. The van der Waals surface area contributed by atoms with E-state index in [1.807, 2.05) is 36.4 Å². The van der Waals surface area contributed by atoms with Gasteiger partial charge in [0.2, 0.25) is 0 Å². The van der Waals surface area contributed by atoms with Crippen LogP contribution in [0.2, 0.25) is 5.02 Å². The normalized spacial score (nSPS) is 13.8. The number of hydrogen-bond donors (Lipinski definition) is 1. The van der Waals surface area contributed by atoms with Gasteiger partial charge in [0.15, 0.2) is 0 Å². The Bertz CT molecular complexity index is 979. The molecule has 1 fully saturated rings. The average Bonchev–Trinajstić information content (AvgIpc) is 3.32. The molecule has 3 aromatic carbocycles. The van der Waals surface area contributed by atoms with Crippen LogP contribution in [0, 0.1) is 0 Å². The summed E-state index contributed by atoms with van der Waals surface area (Å²) in [5.41, 5.74) is 4.48. The number of carbonyl (C=O) groups excluding carboxylic acids is 1. The smallest absolute Gasteiger partial charge is 0.410 e. The molecule has 0 aliphatic carbocycles. The lowest BCUT2D eigenvalue weighted by atomic mass is 10.1. The number of hydrogen-bond acceptors (Lipinski definition) is 3. The molecule has 1 saturated heterocycles. The van der Waals surface area contributed by atoms with Crippen LogP contribution in [0.1, 0.15) is 24.0 Å². The molecule has 0 unspecified atom stereocenters. The molecule has 160 valence electrons. The minimum Gasteiger partial charge on any atom is -0.410 e. The fraction of sp³-hybridized carbons (Fsp3) is 0.269. The first-order chi connectivity index (χ1) is 15.2. The Balaban J connectivity index is 1.22. The number of carbonyl (C=O) groups is 1. The lowest BCUT2D eigenvalue weighted by Gasteiger charge is -2.14. The maximum atomic E-state index is 12.1. The lowest BCUT2D eigenvalue weighted by molar-refractivity contribution is 0.200. The van der Waals surface area contributed by atoms with Crippen molar-refractivity contribution in [3.05, 3.63) is 88.9 Å². The lowest BCUT2D eigenvalue weighted by Crippen LogP contribution is -2.26. The van der Waals surface area contributed by atoms with E-state index in [9.17, 15) is 4.79 Å². The molecule has 0 saturated carbocycles. The predicted molar refractivity (Wildman–Crippen MR) is 126 cm³/mol. The van der Waals surface area contributed by atoms with Gasteiger partial charge in [0.05, 0.1) is 0 Å².